The minimum absolute atomic E-state index is 0.00358. The molecule has 0 heterocycles. The number of quaternary nitrogens is 1. The number of likely N-dealkylation sites (N-methyl/N-ethyl adjacent to an activating group) is 1. The maximum atomic E-state index is 11.8. The van der Waals surface area contributed by atoms with Crippen molar-refractivity contribution in [2.24, 2.45) is 0 Å². The molecular weight excluding hydrogens is 318 g/mol. The molecule has 2 rings (SSSR count). The van der Waals surface area contributed by atoms with E-state index in [0.29, 0.717) is 36.5 Å². The smallest absolute Gasteiger partial charge is 0.275 e. The number of halogens is 1. The Morgan fingerprint density at radius 3 is 2.52 bits per heavy atom. The highest BCUT2D eigenvalue weighted by Crippen LogP contribution is 2.18. The van der Waals surface area contributed by atoms with E-state index in [1.165, 1.54) is 0 Å². The first-order valence-electron chi connectivity index (χ1n) is 7.78. The Morgan fingerprint density at radius 1 is 1.22 bits per heavy atom. The molecule has 0 spiro atoms. The molecule has 1 aliphatic rings. The molecule has 0 bridgehead atoms. The van der Waals surface area contributed by atoms with Crippen molar-refractivity contribution in [2.45, 2.75) is 18.9 Å². The van der Waals surface area contributed by atoms with Crippen LogP contribution in [0.1, 0.15) is 12.8 Å². The predicted octanol–water partition coefficient (Wildman–Crippen LogP) is -0.372. The van der Waals surface area contributed by atoms with Crippen LogP contribution in [0.5, 0.6) is 5.75 Å². The third kappa shape index (κ3) is 7.34. The Kier molecular flexibility index (Phi) is 6.67. The fraction of sp³-hybridized carbons (Fsp3) is 0.500. The molecule has 1 unspecified atom stereocenters. The Morgan fingerprint density at radius 2 is 1.87 bits per heavy atom. The van der Waals surface area contributed by atoms with Crippen LogP contribution in [0.3, 0.4) is 0 Å². The average Bonchev–Trinajstić information content (AvgIpc) is 3.29. The van der Waals surface area contributed by atoms with Gasteiger partial charge in [0.2, 0.25) is 0 Å². The lowest BCUT2D eigenvalue weighted by atomic mass is 10.3. The van der Waals surface area contributed by atoms with Crippen LogP contribution in [-0.4, -0.2) is 51.1 Å². The van der Waals surface area contributed by atoms with Gasteiger partial charge in [-0.05, 0) is 37.1 Å². The largest absolute Gasteiger partial charge is 0.492 e. The zero-order chi connectivity index (χ0) is 16.7. The molecule has 23 heavy (non-hydrogen) atoms. The predicted molar refractivity (Wildman–Crippen MR) is 87.7 cm³/mol. The van der Waals surface area contributed by atoms with Crippen molar-refractivity contribution in [3.05, 3.63) is 29.3 Å². The first kappa shape index (κ1) is 17.6. The number of hydrogen-bond donors (Lipinski definition) is 3. The molecule has 7 heteroatoms. The van der Waals surface area contributed by atoms with Crippen molar-refractivity contribution in [2.75, 3.05) is 33.3 Å². The lowest BCUT2D eigenvalue weighted by Gasteiger charge is -2.13. The van der Waals surface area contributed by atoms with Crippen LogP contribution in [0.25, 0.3) is 0 Å². The number of benzene rings is 1. The van der Waals surface area contributed by atoms with Crippen LogP contribution in [0.4, 0.5) is 0 Å². The Labute approximate surface area is 141 Å². The zero-order valence-corrected chi connectivity index (χ0v) is 14.0. The molecule has 1 aromatic carbocycles. The van der Waals surface area contributed by atoms with E-state index < -0.39 is 0 Å². The van der Waals surface area contributed by atoms with Crippen molar-refractivity contribution in [1.29, 1.82) is 0 Å². The molecule has 0 aliphatic heterocycles. The van der Waals surface area contributed by atoms with Gasteiger partial charge in [-0.1, -0.05) is 11.6 Å². The molecule has 1 aliphatic carbocycles. The Balaban J connectivity index is 1.55. The third-order valence-corrected chi connectivity index (χ3v) is 3.63. The number of ether oxygens (including phenoxy) is 1. The van der Waals surface area contributed by atoms with Crippen molar-refractivity contribution >= 4 is 23.4 Å². The summed E-state index contributed by atoms with van der Waals surface area (Å²) in [5.74, 6) is 0.619. The summed E-state index contributed by atoms with van der Waals surface area (Å²) in [5.41, 5.74) is 0. The molecule has 126 valence electrons. The van der Waals surface area contributed by atoms with Gasteiger partial charge < -0.3 is 20.3 Å². The second-order valence-electron chi connectivity index (χ2n) is 5.80. The van der Waals surface area contributed by atoms with Crippen molar-refractivity contribution in [3.8, 4) is 5.75 Å². The third-order valence-electron chi connectivity index (χ3n) is 3.37. The van der Waals surface area contributed by atoms with Gasteiger partial charge in [0.1, 0.15) is 12.4 Å². The van der Waals surface area contributed by atoms with Crippen LogP contribution >= 0.6 is 11.6 Å². The summed E-state index contributed by atoms with van der Waals surface area (Å²) in [6, 6.07) is 7.41. The van der Waals surface area contributed by atoms with Gasteiger partial charge in [0.25, 0.3) is 11.8 Å². The summed E-state index contributed by atoms with van der Waals surface area (Å²) in [5, 5.41) is 6.35. The molecule has 0 saturated heterocycles. The topological polar surface area (TPSA) is 71.9 Å². The molecule has 0 radical (unpaired) electrons. The minimum Gasteiger partial charge on any atom is -0.492 e. The van der Waals surface area contributed by atoms with E-state index in [9.17, 15) is 9.59 Å². The van der Waals surface area contributed by atoms with Crippen molar-refractivity contribution in [1.82, 2.24) is 10.6 Å². The summed E-state index contributed by atoms with van der Waals surface area (Å²) in [7, 11) is 1.83. The molecule has 2 amide bonds. The Hall–Kier alpha value is -1.79. The highest BCUT2D eigenvalue weighted by molar-refractivity contribution is 6.30. The van der Waals surface area contributed by atoms with E-state index in [-0.39, 0.29) is 18.4 Å². The average molecular weight is 341 g/mol. The van der Waals surface area contributed by atoms with E-state index in [1.807, 2.05) is 7.05 Å². The fourth-order valence-corrected chi connectivity index (χ4v) is 2.20. The normalized spacial score (nSPS) is 14.9. The van der Waals surface area contributed by atoms with Crippen LogP contribution in [0, 0.1) is 0 Å². The molecule has 1 aromatic rings. The van der Waals surface area contributed by atoms with Gasteiger partial charge in [-0.3, -0.25) is 9.59 Å². The maximum absolute atomic E-state index is 11.8. The van der Waals surface area contributed by atoms with Crippen LogP contribution in [-0.2, 0) is 9.59 Å². The number of carbonyl (C=O) groups is 2. The lowest BCUT2D eigenvalue weighted by Crippen LogP contribution is -3.11. The van der Waals surface area contributed by atoms with E-state index >= 15 is 0 Å². The zero-order valence-electron chi connectivity index (χ0n) is 13.2. The Bertz CT molecular complexity index is 532. The first-order chi connectivity index (χ1) is 11.0. The van der Waals surface area contributed by atoms with Gasteiger partial charge >= 0.3 is 0 Å². The molecule has 1 atom stereocenters. The SMILES string of the molecule is C[NH+](CC(=O)NCCOc1ccc(Cl)cc1)CC(=O)NC1CC1. The number of rotatable bonds is 9. The fourth-order valence-electron chi connectivity index (χ4n) is 2.07. The molecule has 3 N–H and O–H groups in total. The number of hydrogen-bond acceptors (Lipinski definition) is 3. The molecule has 0 aromatic heterocycles. The number of nitrogens with one attached hydrogen (secondary N) is 3. The summed E-state index contributed by atoms with van der Waals surface area (Å²) in [6.07, 6.45) is 2.14. The summed E-state index contributed by atoms with van der Waals surface area (Å²) in [6.45, 7) is 1.38. The minimum atomic E-state index is -0.0959. The van der Waals surface area contributed by atoms with Crippen LogP contribution in [0.2, 0.25) is 5.02 Å². The van der Waals surface area contributed by atoms with Gasteiger partial charge in [0, 0.05) is 11.1 Å². The van der Waals surface area contributed by atoms with E-state index in [2.05, 4.69) is 10.6 Å². The lowest BCUT2D eigenvalue weighted by molar-refractivity contribution is -0.862. The summed E-state index contributed by atoms with van der Waals surface area (Å²) in [4.78, 5) is 24.3. The van der Waals surface area contributed by atoms with E-state index in [4.69, 9.17) is 16.3 Å². The van der Waals surface area contributed by atoms with Crippen LogP contribution < -0.4 is 20.3 Å². The van der Waals surface area contributed by atoms with Crippen molar-refractivity contribution < 1.29 is 19.2 Å². The van der Waals surface area contributed by atoms with Gasteiger partial charge in [-0.2, -0.15) is 0 Å². The number of carbonyl (C=O) groups excluding carboxylic acids is 2. The maximum Gasteiger partial charge on any atom is 0.275 e. The van der Waals surface area contributed by atoms with Gasteiger partial charge in [0.05, 0.1) is 13.6 Å². The molecule has 6 nitrogen and oxygen atoms in total. The summed E-state index contributed by atoms with van der Waals surface area (Å²) < 4.78 is 5.49. The van der Waals surface area contributed by atoms with Gasteiger partial charge in [0.15, 0.2) is 13.1 Å². The van der Waals surface area contributed by atoms with Crippen molar-refractivity contribution in [3.63, 3.8) is 0 Å². The monoisotopic (exact) mass is 340 g/mol. The second kappa shape index (κ2) is 8.74. The second-order valence-corrected chi connectivity index (χ2v) is 6.24. The van der Waals surface area contributed by atoms with Gasteiger partial charge in [-0.15, -0.1) is 0 Å². The molecular formula is C16H23ClN3O3+. The number of amides is 2. The van der Waals surface area contributed by atoms with E-state index in [1.54, 1.807) is 24.3 Å². The molecule has 1 saturated carbocycles. The molecule has 1 fully saturated rings. The highest BCUT2D eigenvalue weighted by Gasteiger charge is 2.24. The highest BCUT2D eigenvalue weighted by atomic mass is 35.5. The standard InChI is InChI=1S/C16H22ClN3O3/c1-20(11-16(22)19-13-4-5-13)10-15(21)18-8-9-23-14-6-2-12(17)3-7-14/h2-3,6-7,13H,4-5,8-11H2,1H3,(H,18,21)(H,19,22)/p+1. The van der Waals surface area contributed by atoms with Gasteiger partial charge in [-0.25, -0.2) is 0 Å². The van der Waals surface area contributed by atoms with E-state index in [0.717, 1.165) is 17.7 Å². The summed E-state index contributed by atoms with van der Waals surface area (Å²) >= 11 is 5.79. The quantitative estimate of drug-likeness (QED) is 0.537. The first-order valence-corrected chi connectivity index (χ1v) is 8.16. The van der Waals surface area contributed by atoms with Crippen LogP contribution in [0.15, 0.2) is 24.3 Å².